The van der Waals surface area contributed by atoms with Crippen molar-refractivity contribution in [1.82, 2.24) is 5.32 Å². The first kappa shape index (κ1) is 11.2. The summed E-state index contributed by atoms with van der Waals surface area (Å²) in [5.74, 6) is 0.853. The molecule has 2 rings (SSSR count). The first-order valence-electron chi connectivity index (χ1n) is 6.07. The van der Waals surface area contributed by atoms with E-state index in [1.54, 1.807) is 7.05 Å². The number of rotatable bonds is 3. The van der Waals surface area contributed by atoms with Gasteiger partial charge < -0.3 is 5.32 Å². The van der Waals surface area contributed by atoms with Gasteiger partial charge in [0.15, 0.2) is 0 Å². The van der Waals surface area contributed by atoms with Crippen molar-refractivity contribution in [2.75, 3.05) is 7.05 Å². The van der Waals surface area contributed by atoms with Gasteiger partial charge in [0.1, 0.15) is 0 Å². The molecule has 1 aromatic rings. The van der Waals surface area contributed by atoms with Crippen LogP contribution < -0.4 is 5.32 Å². The molecule has 0 spiro atoms. The third-order valence-corrected chi connectivity index (χ3v) is 3.51. The smallest absolute Gasteiger partial charge is 0.219 e. The van der Waals surface area contributed by atoms with Crippen LogP contribution >= 0.6 is 0 Å². The Hall–Kier alpha value is -1.31. The molecule has 0 radical (unpaired) electrons. The second-order valence-corrected chi connectivity index (χ2v) is 4.59. The Morgan fingerprint density at radius 3 is 2.88 bits per heavy atom. The van der Waals surface area contributed by atoms with Gasteiger partial charge in [-0.15, -0.1) is 0 Å². The molecule has 0 heterocycles. The Morgan fingerprint density at radius 2 is 2.12 bits per heavy atom. The molecule has 16 heavy (non-hydrogen) atoms. The fourth-order valence-electron chi connectivity index (χ4n) is 2.48. The summed E-state index contributed by atoms with van der Waals surface area (Å²) in [5.41, 5.74) is 2.98. The molecule has 86 valence electrons. The molecule has 1 amide bonds. The molecule has 0 bridgehead atoms. The predicted molar refractivity (Wildman–Crippen MR) is 65.3 cm³/mol. The number of hydrogen-bond acceptors (Lipinski definition) is 1. The van der Waals surface area contributed by atoms with Crippen molar-refractivity contribution in [3.63, 3.8) is 0 Å². The van der Waals surface area contributed by atoms with Crippen LogP contribution in [0.3, 0.4) is 0 Å². The van der Waals surface area contributed by atoms with E-state index >= 15 is 0 Å². The zero-order valence-corrected chi connectivity index (χ0v) is 9.83. The summed E-state index contributed by atoms with van der Waals surface area (Å²) < 4.78 is 0. The maximum absolute atomic E-state index is 11.2. The van der Waals surface area contributed by atoms with Crippen LogP contribution in [0.2, 0.25) is 0 Å². The molecule has 0 saturated heterocycles. The van der Waals surface area contributed by atoms with Crippen LogP contribution in [0.15, 0.2) is 24.3 Å². The largest absolute Gasteiger partial charge is 0.359 e. The number of amides is 1. The van der Waals surface area contributed by atoms with Crippen LogP contribution in [0.5, 0.6) is 0 Å². The Balaban J connectivity index is 1.90. The van der Waals surface area contributed by atoms with Gasteiger partial charge >= 0.3 is 0 Å². The van der Waals surface area contributed by atoms with E-state index in [1.165, 1.54) is 24.0 Å². The van der Waals surface area contributed by atoms with Crippen LogP contribution in [0.4, 0.5) is 0 Å². The molecule has 1 unspecified atom stereocenters. The molecule has 2 heteroatoms. The molecule has 0 fully saturated rings. The molecule has 1 aliphatic rings. The SMILES string of the molecule is CNC(=O)CCC1CCc2ccccc2C1. The van der Waals surface area contributed by atoms with Crippen molar-refractivity contribution in [2.45, 2.75) is 32.1 Å². The first-order chi connectivity index (χ1) is 7.79. The van der Waals surface area contributed by atoms with Gasteiger partial charge in [-0.25, -0.2) is 0 Å². The van der Waals surface area contributed by atoms with Gasteiger partial charge in [-0.05, 0) is 42.7 Å². The molecule has 1 N–H and O–H groups in total. The van der Waals surface area contributed by atoms with Gasteiger partial charge in [-0.1, -0.05) is 24.3 Å². The lowest BCUT2D eigenvalue weighted by atomic mass is 9.82. The number of aryl methyl sites for hydroxylation is 1. The second kappa shape index (κ2) is 5.15. The molecular formula is C14H19NO. The lowest BCUT2D eigenvalue weighted by Gasteiger charge is -2.24. The van der Waals surface area contributed by atoms with Gasteiger partial charge in [0.05, 0.1) is 0 Å². The standard InChI is InChI=1S/C14H19NO/c1-15-14(16)9-7-11-6-8-12-4-2-3-5-13(12)10-11/h2-5,11H,6-10H2,1H3,(H,15,16). The minimum Gasteiger partial charge on any atom is -0.359 e. The van der Waals surface area contributed by atoms with Gasteiger partial charge in [0, 0.05) is 13.5 Å². The summed E-state index contributed by atoms with van der Waals surface area (Å²) in [7, 11) is 1.71. The summed E-state index contributed by atoms with van der Waals surface area (Å²) >= 11 is 0. The monoisotopic (exact) mass is 217 g/mol. The summed E-state index contributed by atoms with van der Waals surface area (Å²) in [6, 6.07) is 8.68. The number of nitrogens with one attached hydrogen (secondary N) is 1. The van der Waals surface area contributed by atoms with Gasteiger partial charge in [0.2, 0.25) is 5.91 Å². The molecule has 0 aliphatic heterocycles. The van der Waals surface area contributed by atoms with E-state index in [9.17, 15) is 4.79 Å². The molecule has 1 atom stereocenters. The Labute approximate surface area is 97.1 Å². The van der Waals surface area contributed by atoms with Crippen molar-refractivity contribution >= 4 is 5.91 Å². The predicted octanol–water partition coefficient (Wildman–Crippen LogP) is 2.32. The van der Waals surface area contributed by atoms with Crippen LogP contribution in [-0.4, -0.2) is 13.0 Å². The number of fused-ring (bicyclic) bond motifs is 1. The average Bonchev–Trinajstić information content (AvgIpc) is 2.35. The number of carbonyl (C=O) groups is 1. The quantitative estimate of drug-likeness (QED) is 0.827. The van der Waals surface area contributed by atoms with E-state index in [0.717, 1.165) is 12.8 Å². The van der Waals surface area contributed by atoms with E-state index in [1.807, 2.05) is 0 Å². The summed E-state index contributed by atoms with van der Waals surface area (Å²) in [6.45, 7) is 0. The topological polar surface area (TPSA) is 29.1 Å². The Kier molecular flexibility index (Phi) is 3.60. The Bertz CT molecular complexity index is 373. The average molecular weight is 217 g/mol. The Morgan fingerprint density at radius 1 is 1.38 bits per heavy atom. The fourth-order valence-corrected chi connectivity index (χ4v) is 2.48. The van der Waals surface area contributed by atoms with E-state index in [2.05, 4.69) is 29.6 Å². The molecule has 0 saturated carbocycles. The van der Waals surface area contributed by atoms with Crippen LogP contribution in [0.1, 0.15) is 30.4 Å². The molecule has 1 aliphatic carbocycles. The zero-order valence-electron chi connectivity index (χ0n) is 9.83. The van der Waals surface area contributed by atoms with E-state index in [0.29, 0.717) is 12.3 Å². The highest BCUT2D eigenvalue weighted by atomic mass is 16.1. The minimum atomic E-state index is 0.166. The maximum Gasteiger partial charge on any atom is 0.219 e. The first-order valence-corrected chi connectivity index (χ1v) is 6.07. The minimum absolute atomic E-state index is 0.166. The van der Waals surface area contributed by atoms with Gasteiger partial charge in [0.25, 0.3) is 0 Å². The zero-order chi connectivity index (χ0) is 11.4. The highest BCUT2D eigenvalue weighted by Crippen LogP contribution is 2.27. The molecule has 1 aromatic carbocycles. The summed E-state index contributed by atoms with van der Waals surface area (Å²) in [5, 5.41) is 2.68. The lowest BCUT2D eigenvalue weighted by molar-refractivity contribution is -0.120. The number of carbonyl (C=O) groups excluding carboxylic acids is 1. The number of benzene rings is 1. The number of hydrogen-bond donors (Lipinski definition) is 1. The highest BCUT2D eigenvalue weighted by Gasteiger charge is 2.18. The van der Waals surface area contributed by atoms with Crippen molar-refractivity contribution in [1.29, 1.82) is 0 Å². The van der Waals surface area contributed by atoms with Crippen LogP contribution in [0, 0.1) is 5.92 Å². The van der Waals surface area contributed by atoms with Crippen molar-refractivity contribution in [3.8, 4) is 0 Å². The van der Waals surface area contributed by atoms with Crippen molar-refractivity contribution in [2.24, 2.45) is 5.92 Å². The fraction of sp³-hybridized carbons (Fsp3) is 0.500. The van der Waals surface area contributed by atoms with Crippen molar-refractivity contribution in [3.05, 3.63) is 35.4 Å². The summed E-state index contributed by atoms with van der Waals surface area (Å²) in [6.07, 6.45) is 5.24. The third-order valence-electron chi connectivity index (χ3n) is 3.51. The molecule has 0 aromatic heterocycles. The normalized spacial score (nSPS) is 18.9. The van der Waals surface area contributed by atoms with E-state index in [4.69, 9.17) is 0 Å². The third kappa shape index (κ3) is 2.63. The molecular weight excluding hydrogens is 198 g/mol. The van der Waals surface area contributed by atoms with Crippen LogP contribution in [-0.2, 0) is 17.6 Å². The lowest BCUT2D eigenvalue weighted by Crippen LogP contribution is -2.20. The van der Waals surface area contributed by atoms with E-state index in [-0.39, 0.29) is 5.91 Å². The summed E-state index contributed by atoms with van der Waals surface area (Å²) in [4.78, 5) is 11.2. The maximum atomic E-state index is 11.2. The van der Waals surface area contributed by atoms with Crippen molar-refractivity contribution < 1.29 is 4.79 Å². The van der Waals surface area contributed by atoms with Gasteiger partial charge in [-0.3, -0.25) is 4.79 Å². The molecule has 2 nitrogen and oxygen atoms in total. The van der Waals surface area contributed by atoms with E-state index < -0.39 is 0 Å². The highest BCUT2D eigenvalue weighted by molar-refractivity contribution is 5.75. The van der Waals surface area contributed by atoms with Gasteiger partial charge in [-0.2, -0.15) is 0 Å². The second-order valence-electron chi connectivity index (χ2n) is 4.59. The van der Waals surface area contributed by atoms with Crippen LogP contribution in [0.25, 0.3) is 0 Å².